The minimum atomic E-state index is 0.679. The van der Waals surface area contributed by atoms with Gasteiger partial charge in [-0.3, -0.25) is 0 Å². The van der Waals surface area contributed by atoms with Crippen LogP contribution in [0.5, 0.6) is 0 Å². The predicted octanol–water partition coefficient (Wildman–Crippen LogP) is 4.34. The fourth-order valence-electron chi connectivity index (χ4n) is 1.13. The van der Waals surface area contributed by atoms with Gasteiger partial charge in [0, 0.05) is 22.9 Å². The van der Waals surface area contributed by atoms with Gasteiger partial charge in [-0.2, -0.15) is 0 Å². The summed E-state index contributed by atoms with van der Waals surface area (Å²) >= 11 is 11.8. The molecule has 74 valence electrons. The summed E-state index contributed by atoms with van der Waals surface area (Å²) in [6, 6.07) is 5.58. The second kappa shape index (κ2) is 5.96. The van der Waals surface area contributed by atoms with E-state index in [1.807, 2.05) is 19.1 Å². The van der Waals surface area contributed by atoms with Crippen LogP contribution < -0.4 is 0 Å². The molecule has 0 unspecified atom stereocenters. The van der Waals surface area contributed by atoms with Gasteiger partial charge in [0.15, 0.2) is 0 Å². The van der Waals surface area contributed by atoms with Gasteiger partial charge in [-0.1, -0.05) is 36.2 Å². The fraction of sp³-hybridized carbons (Fsp3) is 0.333. The lowest BCUT2D eigenvalue weighted by molar-refractivity contribution is 1.03. The minimum absolute atomic E-state index is 0.679. The molecule has 2 heteroatoms. The first-order chi connectivity index (χ1) is 6.74. The van der Waals surface area contributed by atoms with Gasteiger partial charge >= 0.3 is 0 Å². The fourth-order valence-corrected chi connectivity index (χ4v) is 1.64. The molecule has 0 saturated heterocycles. The van der Waals surface area contributed by atoms with Crippen molar-refractivity contribution in [2.75, 3.05) is 0 Å². The Balaban J connectivity index is 2.59. The maximum Gasteiger partial charge on any atom is 0.0453 e. The highest BCUT2D eigenvalue weighted by Gasteiger charge is 1.99. The van der Waals surface area contributed by atoms with Crippen LogP contribution in [0.15, 0.2) is 18.2 Å². The van der Waals surface area contributed by atoms with Crippen LogP contribution in [-0.4, -0.2) is 0 Å². The van der Waals surface area contributed by atoms with Crippen molar-refractivity contribution in [3.8, 4) is 11.8 Å². The molecule has 0 spiro atoms. The third-order valence-electron chi connectivity index (χ3n) is 1.84. The standard InChI is InChI=1S/C12H12Cl2/c1-2-3-4-5-6-10-7-8-11(13)9-12(10)14/h7-9H,2,5-6H2,1H3. The molecule has 14 heavy (non-hydrogen) atoms. The van der Waals surface area contributed by atoms with E-state index in [9.17, 15) is 0 Å². The Hall–Kier alpha value is -0.640. The van der Waals surface area contributed by atoms with Gasteiger partial charge in [0.2, 0.25) is 0 Å². The van der Waals surface area contributed by atoms with Crippen molar-refractivity contribution in [2.24, 2.45) is 0 Å². The van der Waals surface area contributed by atoms with Crippen LogP contribution in [0.3, 0.4) is 0 Å². The largest absolute Gasteiger partial charge is 0.104 e. The molecule has 0 aromatic heterocycles. The molecule has 0 bridgehead atoms. The van der Waals surface area contributed by atoms with E-state index in [0.717, 1.165) is 29.8 Å². The van der Waals surface area contributed by atoms with Crippen molar-refractivity contribution in [2.45, 2.75) is 26.2 Å². The van der Waals surface area contributed by atoms with Crippen LogP contribution in [-0.2, 0) is 6.42 Å². The summed E-state index contributed by atoms with van der Waals surface area (Å²) in [6.07, 6.45) is 2.66. The summed E-state index contributed by atoms with van der Waals surface area (Å²) in [7, 11) is 0. The lowest BCUT2D eigenvalue weighted by Crippen LogP contribution is -1.85. The van der Waals surface area contributed by atoms with Crippen molar-refractivity contribution >= 4 is 23.2 Å². The van der Waals surface area contributed by atoms with E-state index in [1.54, 1.807) is 6.07 Å². The van der Waals surface area contributed by atoms with E-state index in [1.165, 1.54) is 0 Å². The van der Waals surface area contributed by atoms with Gasteiger partial charge in [-0.15, -0.1) is 11.8 Å². The van der Waals surface area contributed by atoms with Crippen LogP contribution in [0.2, 0.25) is 10.0 Å². The quantitative estimate of drug-likeness (QED) is 0.659. The Morgan fingerprint density at radius 3 is 2.64 bits per heavy atom. The molecule has 0 fully saturated rings. The highest BCUT2D eigenvalue weighted by molar-refractivity contribution is 6.35. The monoisotopic (exact) mass is 226 g/mol. The van der Waals surface area contributed by atoms with E-state index in [4.69, 9.17) is 23.2 Å². The van der Waals surface area contributed by atoms with Gasteiger partial charge < -0.3 is 0 Å². The summed E-state index contributed by atoms with van der Waals surface area (Å²) in [4.78, 5) is 0. The van der Waals surface area contributed by atoms with Crippen LogP contribution in [0, 0.1) is 11.8 Å². The minimum Gasteiger partial charge on any atom is -0.104 e. The van der Waals surface area contributed by atoms with Crippen LogP contribution in [0.25, 0.3) is 0 Å². The molecule has 1 aromatic rings. The van der Waals surface area contributed by atoms with E-state index < -0.39 is 0 Å². The molecule has 0 saturated carbocycles. The Kier molecular flexibility index (Phi) is 4.87. The highest BCUT2D eigenvalue weighted by Crippen LogP contribution is 2.21. The molecule has 1 aromatic carbocycles. The molecule has 0 aliphatic rings. The van der Waals surface area contributed by atoms with Crippen molar-refractivity contribution in [1.29, 1.82) is 0 Å². The second-order valence-corrected chi connectivity index (χ2v) is 3.79. The van der Waals surface area contributed by atoms with Gasteiger partial charge in [-0.05, 0) is 24.1 Å². The third kappa shape index (κ3) is 3.62. The van der Waals surface area contributed by atoms with Gasteiger partial charge in [0.25, 0.3) is 0 Å². The summed E-state index contributed by atoms with van der Waals surface area (Å²) in [5, 5.41) is 1.41. The maximum absolute atomic E-state index is 6.01. The number of hydrogen-bond donors (Lipinski definition) is 0. The first kappa shape index (κ1) is 11.4. The first-order valence-electron chi connectivity index (χ1n) is 4.63. The lowest BCUT2D eigenvalue weighted by atomic mass is 10.1. The second-order valence-electron chi connectivity index (χ2n) is 2.94. The number of rotatable bonds is 2. The maximum atomic E-state index is 6.01. The zero-order valence-corrected chi connectivity index (χ0v) is 9.62. The molecule has 0 N–H and O–H groups in total. The van der Waals surface area contributed by atoms with E-state index >= 15 is 0 Å². The third-order valence-corrected chi connectivity index (χ3v) is 2.42. The van der Waals surface area contributed by atoms with E-state index in [0.29, 0.717) is 5.02 Å². The summed E-state index contributed by atoms with van der Waals surface area (Å²) in [5.74, 6) is 6.11. The van der Waals surface area contributed by atoms with E-state index in [2.05, 4.69) is 11.8 Å². The molecule has 0 aliphatic heterocycles. The number of hydrogen-bond acceptors (Lipinski definition) is 0. The molecule has 0 atom stereocenters. The molecule has 0 aliphatic carbocycles. The Labute approximate surface area is 95.2 Å². The molecular formula is C12H12Cl2. The van der Waals surface area contributed by atoms with Crippen molar-refractivity contribution in [1.82, 2.24) is 0 Å². The SMILES string of the molecule is CCC#CCCc1ccc(Cl)cc1Cl. The summed E-state index contributed by atoms with van der Waals surface area (Å²) in [5.41, 5.74) is 1.11. The zero-order valence-electron chi connectivity index (χ0n) is 8.11. The topological polar surface area (TPSA) is 0 Å². The molecule has 0 radical (unpaired) electrons. The van der Waals surface area contributed by atoms with Gasteiger partial charge in [0.1, 0.15) is 0 Å². The lowest BCUT2D eigenvalue weighted by Gasteiger charge is -2.01. The average Bonchev–Trinajstić information content (AvgIpc) is 2.15. The molecule has 1 rings (SSSR count). The Bertz CT molecular complexity index is 358. The normalized spacial score (nSPS) is 9.36. The zero-order chi connectivity index (χ0) is 10.4. The first-order valence-corrected chi connectivity index (χ1v) is 5.39. The van der Waals surface area contributed by atoms with E-state index in [-0.39, 0.29) is 0 Å². The number of aryl methyl sites for hydroxylation is 1. The van der Waals surface area contributed by atoms with Crippen LogP contribution in [0.1, 0.15) is 25.3 Å². The van der Waals surface area contributed by atoms with Gasteiger partial charge in [-0.25, -0.2) is 0 Å². The van der Waals surface area contributed by atoms with Crippen LogP contribution >= 0.6 is 23.2 Å². The summed E-state index contributed by atoms with van der Waals surface area (Å²) < 4.78 is 0. The smallest absolute Gasteiger partial charge is 0.0453 e. The number of halogens is 2. The Morgan fingerprint density at radius 1 is 1.21 bits per heavy atom. The summed E-state index contributed by atoms with van der Waals surface area (Å²) in [6.45, 7) is 2.04. The van der Waals surface area contributed by atoms with Crippen molar-refractivity contribution in [3.63, 3.8) is 0 Å². The highest BCUT2D eigenvalue weighted by atomic mass is 35.5. The number of benzene rings is 1. The molecule has 0 heterocycles. The van der Waals surface area contributed by atoms with Crippen LogP contribution in [0.4, 0.5) is 0 Å². The molecular weight excluding hydrogens is 215 g/mol. The van der Waals surface area contributed by atoms with Gasteiger partial charge in [0.05, 0.1) is 0 Å². The van der Waals surface area contributed by atoms with Crippen molar-refractivity contribution in [3.05, 3.63) is 33.8 Å². The molecule has 0 amide bonds. The molecule has 0 nitrogen and oxygen atoms in total. The predicted molar refractivity (Wildman–Crippen MR) is 62.9 cm³/mol. The van der Waals surface area contributed by atoms with Crippen molar-refractivity contribution < 1.29 is 0 Å². The average molecular weight is 227 g/mol. The Morgan fingerprint density at radius 2 is 2.00 bits per heavy atom.